The fraction of sp³-hybridized carbons (Fsp3) is 0.222. The normalized spacial score (nSPS) is 11.0. The van der Waals surface area contributed by atoms with Crippen molar-refractivity contribution < 1.29 is 13.9 Å². The highest BCUT2D eigenvalue weighted by Gasteiger charge is 2.19. The fourth-order valence-electron chi connectivity index (χ4n) is 2.00. The van der Waals surface area contributed by atoms with Crippen molar-refractivity contribution in [2.45, 2.75) is 26.4 Å². The van der Waals surface area contributed by atoms with E-state index in [-0.39, 0.29) is 5.82 Å². The summed E-state index contributed by atoms with van der Waals surface area (Å²) in [4.78, 5) is 15.9. The second kappa shape index (κ2) is 7.13. The fourth-order valence-corrected chi connectivity index (χ4v) is 2.40. The van der Waals surface area contributed by atoms with E-state index in [9.17, 15) is 9.18 Å². The third-order valence-electron chi connectivity index (χ3n) is 2.97. The number of carbonyl (C=O) groups is 1. The zero-order chi connectivity index (χ0) is 17.9. The molecule has 0 radical (unpaired) electrons. The van der Waals surface area contributed by atoms with Crippen molar-refractivity contribution in [2.75, 3.05) is 5.32 Å². The molecule has 0 unspecified atom stereocenters. The number of rotatable bonds is 3. The van der Waals surface area contributed by atoms with Crippen LogP contribution in [0.15, 0.2) is 47.6 Å². The van der Waals surface area contributed by atoms with Gasteiger partial charge in [0.15, 0.2) is 0 Å². The molecule has 0 saturated heterocycles. The molecule has 0 fully saturated rings. The number of amides is 1. The minimum absolute atomic E-state index is 0.190. The molecule has 0 bridgehead atoms. The highest BCUT2D eigenvalue weighted by molar-refractivity contribution is 9.10. The number of hydrogen-bond acceptors (Lipinski definition) is 3. The summed E-state index contributed by atoms with van der Waals surface area (Å²) in [5, 5.41) is 2.55. The number of pyridine rings is 1. The van der Waals surface area contributed by atoms with Crippen LogP contribution in [0.5, 0.6) is 0 Å². The first-order chi connectivity index (χ1) is 11.2. The number of benzene rings is 1. The Hall–Kier alpha value is -2.21. The highest BCUT2D eigenvalue weighted by Crippen LogP contribution is 2.29. The maximum Gasteiger partial charge on any atom is 0.413 e. The van der Waals surface area contributed by atoms with Crippen molar-refractivity contribution in [3.05, 3.63) is 64.5 Å². The molecule has 2 aromatic rings. The number of anilines is 1. The molecule has 1 amide bonds. The number of nitrogens with zero attached hydrogens (tertiary/aromatic N) is 1. The lowest BCUT2D eigenvalue weighted by molar-refractivity contribution is 0.0635. The zero-order valence-electron chi connectivity index (χ0n) is 13.7. The van der Waals surface area contributed by atoms with E-state index in [1.54, 1.807) is 20.8 Å². The Kier molecular flexibility index (Phi) is 5.39. The van der Waals surface area contributed by atoms with Crippen molar-refractivity contribution in [1.29, 1.82) is 0 Å². The predicted octanol–water partition coefficient (Wildman–Crippen LogP) is 5.39. The van der Waals surface area contributed by atoms with E-state index in [4.69, 9.17) is 4.74 Å². The van der Waals surface area contributed by atoms with Gasteiger partial charge in [0.05, 0.1) is 6.20 Å². The van der Waals surface area contributed by atoms with Gasteiger partial charge in [-0.2, -0.15) is 0 Å². The molecule has 1 heterocycles. The van der Waals surface area contributed by atoms with Gasteiger partial charge in [0.1, 0.15) is 17.2 Å². The summed E-state index contributed by atoms with van der Waals surface area (Å²) in [5.74, 6) is -0.327. The molecule has 126 valence electrons. The van der Waals surface area contributed by atoms with Crippen molar-refractivity contribution in [3.8, 4) is 0 Å². The molecule has 0 atom stereocenters. The molecule has 24 heavy (non-hydrogen) atoms. The maximum atomic E-state index is 13.7. The summed E-state index contributed by atoms with van der Waals surface area (Å²) in [6.45, 7) is 9.27. The van der Waals surface area contributed by atoms with E-state index < -0.39 is 17.5 Å². The minimum Gasteiger partial charge on any atom is -0.444 e. The van der Waals surface area contributed by atoms with Crippen molar-refractivity contribution in [2.24, 2.45) is 0 Å². The van der Waals surface area contributed by atoms with Crippen LogP contribution in [0.25, 0.3) is 5.57 Å². The average molecular weight is 393 g/mol. The number of aromatic nitrogens is 1. The number of ether oxygens (including phenoxy) is 1. The Morgan fingerprint density at radius 1 is 1.33 bits per heavy atom. The summed E-state index contributed by atoms with van der Waals surface area (Å²) >= 11 is 3.39. The van der Waals surface area contributed by atoms with Crippen LogP contribution >= 0.6 is 15.9 Å². The van der Waals surface area contributed by atoms with Crippen LogP contribution in [0, 0.1) is 5.82 Å². The van der Waals surface area contributed by atoms with E-state index in [0.29, 0.717) is 11.1 Å². The van der Waals surface area contributed by atoms with Gasteiger partial charge in [-0.1, -0.05) is 34.6 Å². The smallest absolute Gasteiger partial charge is 0.413 e. The molecular weight excluding hydrogens is 375 g/mol. The SMILES string of the molecule is C=C(c1cccc(Br)c1)c1cc(F)cnc1NC(=O)OC(C)(C)C. The van der Waals surface area contributed by atoms with Crippen LogP contribution in [0.3, 0.4) is 0 Å². The second-order valence-electron chi connectivity index (χ2n) is 6.17. The third-order valence-corrected chi connectivity index (χ3v) is 3.47. The van der Waals surface area contributed by atoms with E-state index in [2.05, 4.69) is 32.8 Å². The molecule has 0 aliphatic heterocycles. The standard InChI is InChI=1S/C18H18BrFN2O2/c1-11(12-6-5-7-13(19)8-12)15-9-14(20)10-21-16(15)22-17(23)24-18(2,3)4/h5-10H,1H2,2-4H3,(H,21,22,23). The Morgan fingerprint density at radius 3 is 2.67 bits per heavy atom. The molecule has 0 spiro atoms. The molecule has 6 heteroatoms. The Labute approximate surface area is 148 Å². The number of halogens is 2. The summed E-state index contributed by atoms with van der Waals surface area (Å²) in [7, 11) is 0. The molecule has 4 nitrogen and oxygen atoms in total. The van der Waals surface area contributed by atoms with Crippen LogP contribution in [0.4, 0.5) is 15.0 Å². The molecule has 2 rings (SSSR count). The average Bonchev–Trinajstić information content (AvgIpc) is 2.46. The van der Waals surface area contributed by atoms with Crippen LogP contribution in [0.2, 0.25) is 0 Å². The van der Waals surface area contributed by atoms with Gasteiger partial charge in [0.2, 0.25) is 0 Å². The minimum atomic E-state index is -0.662. The van der Waals surface area contributed by atoms with Gasteiger partial charge in [-0.15, -0.1) is 0 Å². The molecule has 0 aliphatic rings. The number of carbonyl (C=O) groups excluding carboxylic acids is 1. The topological polar surface area (TPSA) is 51.2 Å². The first-order valence-electron chi connectivity index (χ1n) is 7.26. The Morgan fingerprint density at radius 2 is 2.04 bits per heavy atom. The van der Waals surface area contributed by atoms with Gasteiger partial charge in [-0.25, -0.2) is 14.2 Å². The summed E-state index contributed by atoms with van der Waals surface area (Å²) in [6.07, 6.45) is 0.370. The van der Waals surface area contributed by atoms with Crippen molar-refractivity contribution in [1.82, 2.24) is 4.98 Å². The monoisotopic (exact) mass is 392 g/mol. The van der Waals surface area contributed by atoms with Gasteiger partial charge < -0.3 is 4.74 Å². The maximum absolute atomic E-state index is 13.7. The van der Waals surface area contributed by atoms with Gasteiger partial charge in [0.25, 0.3) is 0 Å². The molecule has 1 N–H and O–H groups in total. The third kappa shape index (κ3) is 4.89. The zero-order valence-corrected chi connectivity index (χ0v) is 15.3. The number of hydrogen-bond donors (Lipinski definition) is 1. The Bertz CT molecular complexity index is 785. The van der Waals surface area contributed by atoms with E-state index in [1.807, 2.05) is 24.3 Å². The molecule has 0 aliphatic carbocycles. The van der Waals surface area contributed by atoms with E-state index in [0.717, 1.165) is 16.2 Å². The largest absolute Gasteiger partial charge is 0.444 e. The summed E-state index contributed by atoms with van der Waals surface area (Å²) in [6, 6.07) is 8.70. The van der Waals surface area contributed by atoms with E-state index in [1.165, 1.54) is 6.07 Å². The lowest BCUT2D eigenvalue weighted by Crippen LogP contribution is -2.27. The summed E-state index contributed by atoms with van der Waals surface area (Å²) < 4.78 is 19.7. The first-order valence-corrected chi connectivity index (χ1v) is 8.06. The van der Waals surface area contributed by atoms with Crippen LogP contribution in [0.1, 0.15) is 31.9 Å². The van der Waals surface area contributed by atoms with Gasteiger partial charge in [0, 0.05) is 10.0 Å². The Balaban J connectivity index is 2.34. The van der Waals surface area contributed by atoms with Crippen molar-refractivity contribution in [3.63, 3.8) is 0 Å². The van der Waals surface area contributed by atoms with E-state index >= 15 is 0 Å². The van der Waals surface area contributed by atoms with Crippen LogP contribution in [-0.2, 0) is 4.74 Å². The lowest BCUT2D eigenvalue weighted by atomic mass is 10.00. The quantitative estimate of drug-likeness (QED) is 0.761. The molecule has 1 aromatic heterocycles. The van der Waals surface area contributed by atoms with Crippen molar-refractivity contribution >= 4 is 33.4 Å². The van der Waals surface area contributed by atoms with Crippen LogP contribution in [-0.4, -0.2) is 16.7 Å². The number of nitrogens with one attached hydrogen (secondary N) is 1. The van der Waals surface area contributed by atoms with Gasteiger partial charge in [-0.05, 0) is 50.1 Å². The first kappa shape index (κ1) is 18.1. The lowest BCUT2D eigenvalue weighted by Gasteiger charge is -2.20. The molecule has 0 saturated carbocycles. The summed E-state index contributed by atoms with van der Waals surface area (Å²) in [5.41, 5.74) is 1.06. The van der Waals surface area contributed by atoms with Gasteiger partial charge in [-0.3, -0.25) is 5.32 Å². The van der Waals surface area contributed by atoms with Gasteiger partial charge >= 0.3 is 6.09 Å². The second-order valence-corrected chi connectivity index (χ2v) is 7.08. The highest BCUT2D eigenvalue weighted by atomic mass is 79.9. The van der Waals surface area contributed by atoms with Crippen LogP contribution < -0.4 is 5.32 Å². The predicted molar refractivity (Wildman–Crippen MR) is 96.3 cm³/mol. The molecule has 1 aromatic carbocycles. The molecular formula is C18H18BrFN2O2.